The van der Waals surface area contributed by atoms with Gasteiger partial charge in [0.2, 0.25) is 0 Å². The van der Waals surface area contributed by atoms with E-state index in [1.54, 1.807) is 19.1 Å². The summed E-state index contributed by atoms with van der Waals surface area (Å²) >= 11 is 0. The molecule has 0 bridgehead atoms. The van der Waals surface area contributed by atoms with Crippen LogP contribution in [0.4, 0.5) is 0 Å². The van der Waals surface area contributed by atoms with Gasteiger partial charge in [-0.05, 0) is 24.1 Å². The fourth-order valence-electron chi connectivity index (χ4n) is 1.01. The zero-order valence-electron chi connectivity index (χ0n) is 8.15. The van der Waals surface area contributed by atoms with Crippen molar-refractivity contribution in [2.75, 3.05) is 0 Å². The minimum absolute atomic E-state index is 0. The average Bonchev–Trinajstić information content (AvgIpc) is 2.03. The Morgan fingerprint density at radius 3 is 2.43 bits per heavy atom. The molecule has 0 atom stereocenters. The molecule has 0 radical (unpaired) electrons. The molecule has 0 amide bonds. The van der Waals surface area contributed by atoms with Crippen LogP contribution in [-0.2, 0) is 10.1 Å². The Bertz CT molecular complexity index is 437. The number of hydrogen-bond acceptors (Lipinski definition) is 3. The van der Waals surface area contributed by atoms with Gasteiger partial charge in [-0.2, -0.15) is 0 Å². The summed E-state index contributed by atoms with van der Waals surface area (Å²) in [6, 6.07) is 4.61. The standard InChI is InChI=1S/C9H10O3S.Na/c1-3-8-5-4-7(2)9(6-8)13(10,11)12;/h3-6H,1H2,2H3,(H,10,11,12);/q;+1/p-1. The van der Waals surface area contributed by atoms with Crippen molar-refractivity contribution >= 4 is 16.2 Å². The molecule has 0 spiro atoms. The third-order valence-corrected chi connectivity index (χ3v) is 2.70. The first-order valence-electron chi connectivity index (χ1n) is 3.64. The van der Waals surface area contributed by atoms with Crippen LogP contribution in [0.1, 0.15) is 11.1 Å². The Kier molecular flexibility index (Phi) is 5.05. The molecule has 0 heterocycles. The van der Waals surface area contributed by atoms with Crippen LogP contribution in [0.15, 0.2) is 29.7 Å². The zero-order valence-corrected chi connectivity index (χ0v) is 11.0. The molecule has 0 saturated heterocycles. The van der Waals surface area contributed by atoms with Crippen LogP contribution in [0, 0.1) is 6.92 Å². The molecule has 0 aromatic heterocycles. The summed E-state index contributed by atoms with van der Waals surface area (Å²) in [5.74, 6) is 0. The van der Waals surface area contributed by atoms with Crippen molar-refractivity contribution in [3.05, 3.63) is 35.9 Å². The van der Waals surface area contributed by atoms with Gasteiger partial charge in [0.25, 0.3) is 0 Å². The molecule has 3 nitrogen and oxygen atoms in total. The summed E-state index contributed by atoms with van der Waals surface area (Å²) in [7, 11) is -4.36. The Morgan fingerprint density at radius 2 is 2.00 bits per heavy atom. The smallest absolute Gasteiger partial charge is 0.744 e. The first-order chi connectivity index (χ1) is 5.95. The van der Waals surface area contributed by atoms with Crippen LogP contribution in [0.3, 0.4) is 0 Å². The SMILES string of the molecule is C=Cc1ccc(C)c(S(=O)(=O)[O-])c1.[Na+]. The van der Waals surface area contributed by atoms with Crippen molar-refractivity contribution in [2.24, 2.45) is 0 Å². The molecule has 1 aromatic carbocycles. The summed E-state index contributed by atoms with van der Waals surface area (Å²) < 4.78 is 32.2. The van der Waals surface area contributed by atoms with Crippen molar-refractivity contribution in [3.8, 4) is 0 Å². The van der Waals surface area contributed by atoms with Gasteiger partial charge in [-0.25, -0.2) is 8.42 Å². The minimum Gasteiger partial charge on any atom is -0.744 e. The first-order valence-corrected chi connectivity index (χ1v) is 5.05. The predicted octanol–water partition coefficient (Wildman–Crippen LogP) is -1.45. The van der Waals surface area contributed by atoms with E-state index >= 15 is 0 Å². The molecule has 0 aliphatic carbocycles. The largest absolute Gasteiger partial charge is 1.00 e. The first kappa shape index (κ1) is 13.9. The molecule has 0 fully saturated rings. The molecule has 14 heavy (non-hydrogen) atoms. The molecule has 70 valence electrons. The molecular weight excluding hydrogens is 211 g/mol. The van der Waals surface area contributed by atoms with E-state index in [1.165, 1.54) is 12.1 Å². The van der Waals surface area contributed by atoms with Gasteiger partial charge >= 0.3 is 29.6 Å². The van der Waals surface area contributed by atoms with Crippen molar-refractivity contribution in [3.63, 3.8) is 0 Å². The zero-order chi connectivity index (χ0) is 10.1. The van der Waals surface area contributed by atoms with Gasteiger partial charge < -0.3 is 4.55 Å². The van der Waals surface area contributed by atoms with Gasteiger partial charge in [0.05, 0.1) is 4.90 Å². The second-order valence-electron chi connectivity index (χ2n) is 2.68. The monoisotopic (exact) mass is 220 g/mol. The van der Waals surface area contributed by atoms with E-state index in [-0.39, 0.29) is 34.5 Å². The number of rotatable bonds is 2. The van der Waals surface area contributed by atoms with Crippen LogP contribution in [-0.4, -0.2) is 13.0 Å². The number of aryl methyl sites for hydroxylation is 1. The second-order valence-corrected chi connectivity index (χ2v) is 4.03. The average molecular weight is 220 g/mol. The van der Waals surface area contributed by atoms with Crippen LogP contribution in [0.5, 0.6) is 0 Å². The maximum Gasteiger partial charge on any atom is 1.00 e. The summed E-state index contributed by atoms with van der Waals surface area (Å²) in [5, 5.41) is 0. The molecule has 1 aromatic rings. The fraction of sp³-hybridized carbons (Fsp3) is 0.111. The van der Waals surface area contributed by atoms with E-state index in [9.17, 15) is 13.0 Å². The van der Waals surface area contributed by atoms with Gasteiger partial charge in [-0.15, -0.1) is 0 Å². The fourth-order valence-corrected chi connectivity index (χ4v) is 1.76. The second kappa shape index (κ2) is 5.09. The minimum atomic E-state index is -4.36. The summed E-state index contributed by atoms with van der Waals surface area (Å²) in [6.45, 7) is 5.07. The molecule has 1 rings (SSSR count). The Balaban J connectivity index is 0.00000169. The van der Waals surface area contributed by atoms with Crippen LogP contribution >= 0.6 is 0 Å². The van der Waals surface area contributed by atoms with E-state index in [4.69, 9.17) is 0 Å². The van der Waals surface area contributed by atoms with Crippen molar-refractivity contribution < 1.29 is 42.5 Å². The molecule has 5 heteroatoms. The third kappa shape index (κ3) is 3.22. The van der Waals surface area contributed by atoms with E-state index in [0.29, 0.717) is 11.1 Å². The molecular formula is C9H9NaO3S. The topological polar surface area (TPSA) is 57.2 Å². The van der Waals surface area contributed by atoms with Crippen LogP contribution < -0.4 is 29.6 Å². The number of benzene rings is 1. The van der Waals surface area contributed by atoms with Gasteiger partial charge in [0, 0.05) is 0 Å². The van der Waals surface area contributed by atoms with Crippen molar-refractivity contribution in [2.45, 2.75) is 11.8 Å². The van der Waals surface area contributed by atoms with Gasteiger partial charge in [0.1, 0.15) is 10.1 Å². The van der Waals surface area contributed by atoms with Crippen molar-refractivity contribution in [1.82, 2.24) is 0 Å². The molecule has 0 aliphatic rings. The quantitative estimate of drug-likeness (QED) is 0.452. The van der Waals surface area contributed by atoms with E-state index in [1.807, 2.05) is 0 Å². The summed E-state index contributed by atoms with van der Waals surface area (Å²) in [6.07, 6.45) is 1.49. The molecule has 0 saturated carbocycles. The third-order valence-electron chi connectivity index (χ3n) is 1.72. The van der Waals surface area contributed by atoms with E-state index < -0.39 is 10.1 Å². The Labute approximate surface area is 106 Å². The van der Waals surface area contributed by atoms with Gasteiger partial charge in [-0.3, -0.25) is 0 Å². The summed E-state index contributed by atoms with van der Waals surface area (Å²) in [4.78, 5) is -0.176. The molecule has 0 unspecified atom stereocenters. The Hall–Kier alpha value is -0.130. The maximum atomic E-state index is 10.7. The van der Waals surface area contributed by atoms with Crippen molar-refractivity contribution in [1.29, 1.82) is 0 Å². The normalized spacial score (nSPS) is 10.4. The van der Waals surface area contributed by atoms with Gasteiger partial charge in [0.15, 0.2) is 0 Å². The molecule has 0 N–H and O–H groups in total. The molecule has 0 aliphatic heterocycles. The van der Waals surface area contributed by atoms with Crippen LogP contribution in [0.2, 0.25) is 0 Å². The summed E-state index contributed by atoms with van der Waals surface area (Å²) in [5.41, 5.74) is 1.08. The predicted molar refractivity (Wildman–Crippen MR) is 49.2 cm³/mol. The van der Waals surface area contributed by atoms with Crippen LogP contribution in [0.25, 0.3) is 6.08 Å². The van der Waals surface area contributed by atoms with Gasteiger partial charge in [-0.1, -0.05) is 24.8 Å². The number of hydrogen-bond donors (Lipinski definition) is 0. The maximum absolute atomic E-state index is 10.7. The van der Waals surface area contributed by atoms with E-state index in [2.05, 4.69) is 6.58 Å². The van der Waals surface area contributed by atoms with E-state index in [0.717, 1.165) is 0 Å². The Morgan fingerprint density at radius 1 is 1.43 bits per heavy atom.